The van der Waals surface area contributed by atoms with Gasteiger partial charge in [-0.05, 0) is 54.2 Å². The average molecular weight is 509 g/mol. The van der Waals surface area contributed by atoms with E-state index in [9.17, 15) is 23.6 Å². The molecule has 3 N–H and O–H groups in total. The number of nitrogens with zero attached hydrogens (tertiary/aromatic N) is 2. The second kappa shape index (κ2) is 11.2. The number of amides is 3. The second-order valence-electron chi connectivity index (χ2n) is 10.2. The van der Waals surface area contributed by atoms with Crippen LogP contribution in [-0.2, 0) is 27.3 Å². The minimum absolute atomic E-state index is 0.0178. The minimum Gasteiger partial charge on any atom is -0.340 e. The van der Waals surface area contributed by atoms with Crippen molar-refractivity contribution in [1.82, 2.24) is 15.1 Å². The summed E-state index contributed by atoms with van der Waals surface area (Å²) in [5, 5.41) is 2.86. The van der Waals surface area contributed by atoms with E-state index in [0.29, 0.717) is 37.1 Å². The number of carbonyl (C=O) groups excluding carboxylic acids is 4. The van der Waals surface area contributed by atoms with Crippen molar-refractivity contribution in [2.45, 2.75) is 57.8 Å². The standard InChI is InChI=1S/C28H33FN4O4/c1-17(2)11-22(31-27(36)20-7-3-6-19(12-20)15-30)28(37)32-10-9-23-26(32)24(34)16-33(23)25(35)14-18-5-4-8-21(29)13-18/h3-8,12-13,17,22-23,26H,9-11,14-16,30H2,1-2H3,(H,31,36)/t22-,23?,26-/m0/s1. The molecule has 2 aromatic rings. The van der Waals surface area contributed by atoms with Crippen LogP contribution in [0.3, 0.4) is 0 Å². The van der Waals surface area contributed by atoms with Crippen LogP contribution in [0.25, 0.3) is 0 Å². The van der Waals surface area contributed by atoms with E-state index in [1.54, 1.807) is 30.3 Å². The second-order valence-corrected chi connectivity index (χ2v) is 10.2. The molecule has 2 saturated heterocycles. The number of ketones is 1. The number of halogens is 1. The maximum absolute atomic E-state index is 13.7. The fourth-order valence-electron chi connectivity index (χ4n) is 5.29. The van der Waals surface area contributed by atoms with Crippen LogP contribution in [0.1, 0.15) is 48.2 Å². The van der Waals surface area contributed by atoms with Gasteiger partial charge in [-0.2, -0.15) is 0 Å². The monoisotopic (exact) mass is 508 g/mol. The molecule has 2 aromatic carbocycles. The molecule has 0 aliphatic carbocycles. The first-order valence-electron chi connectivity index (χ1n) is 12.6. The summed E-state index contributed by atoms with van der Waals surface area (Å²) in [6.07, 6.45) is 0.861. The summed E-state index contributed by atoms with van der Waals surface area (Å²) in [7, 11) is 0. The van der Waals surface area contributed by atoms with Crippen LogP contribution < -0.4 is 11.1 Å². The van der Waals surface area contributed by atoms with Gasteiger partial charge < -0.3 is 20.9 Å². The molecule has 2 fully saturated rings. The van der Waals surface area contributed by atoms with Gasteiger partial charge in [0, 0.05) is 18.7 Å². The third-order valence-corrected chi connectivity index (χ3v) is 7.01. The summed E-state index contributed by atoms with van der Waals surface area (Å²) in [4.78, 5) is 55.7. The Morgan fingerprint density at radius 2 is 1.81 bits per heavy atom. The van der Waals surface area contributed by atoms with E-state index in [1.165, 1.54) is 21.9 Å². The molecule has 4 rings (SSSR count). The normalized spacial score (nSPS) is 19.8. The zero-order valence-corrected chi connectivity index (χ0v) is 21.2. The van der Waals surface area contributed by atoms with Gasteiger partial charge in [-0.15, -0.1) is 0 Å². The van der Waals surface area contributed by atoms with Crippen molar-refractivity contribution in [3.63, 3.8) is 0 Å². The van der Waals surface area contributed by atoms with E-state index in [1.807, 2.05) is 19.9 Å². The predicted molar refractivity (Wildman–Crippen MR) is 136 cm³/mol. The van der Waals surface area contributed by atoms with Crippen molar-refractivity contribution in [3.05, 3.63) is 71.0 Å². The van der Waals surface area contributed by atoms with Gasteiger partial charge in [-0.25, -0.2) is 4.39 Å². The van der Waals surface area contributed by atoms with Gasteiger partial charge in [-0.3, -0.25) is 19.2 Å². The lowest BCUT2D eigenvalue weighted by Gasteiger charge is -2.29. The largest absolute Gasteiger partial charge is 0.340 e. The van der Waals surface area contributed by atoms with Gasteiger partial charge in [0.15, 0.2) is 5.78 Å². The van der Waals surface area contributed by atoms with E-state index in [-0.39, 0.29) is 42.4 Å². The molecule has 2 aliphatic rings. The Morgan fingerprint density at radius 3 is 2.51 bits per heavy atom. The summed E-state index contributed by atoms with van der Waals surface area (Å²) in [6, 6.07) is 10.8. The highest BCUT2D eigenvalue weighted by Crippen LogP contribution is 2.31. The Kier molecular flexibility index (Phi) is 8.02. The summed E-state index contributed by atoms with van der Waals surface area (Å²) < 4.78 is 13.6. The lowest BCUT2D eigenvalue weighted by Crippen LogP contribution is -2.53. The zero-order chi connectivity index (χ0) is 26.7. The highest BCUT2D eigenvalue weighted by Gasteiger charge is 2.52. The molecule has 3 amide bonds. The Balaban J connectivity index is 1.48. The van der Waals surface area contributed by atoms with Crippen LogP contribution in [-0.4, -0.2) is 64.5 Å². The Morgan fingerprint density at radius 1 is 1.08 bits per heavy atom. The molecule has 8 nitrogen and oxygen atoms in total. The lowest BCUT2D eigenvalue weighted by atomic mass is 10.0. The fourth-order valence-corrected chi connectivity index (χ4v) is 5.29. The maximum atomic E-state index is 13.7. The minimum atomic E-state index is -0.808. The summed E-state index contributed by atoms with van der Waals surface area (Å²) in [5.74, 6) is -1.48. The third-order valence-electron chi connectivity index (χ3n) is 7.01. The fraction of sp³-hybridized carbons (Fsp3) is 0.429. The topological polar surface area (TPSA) is 113 Å². The molecule has 2 heterocycles. The maximum Gasteiger partial charge on any atom is 0.251 e. The third kappa shape index (κ3) is 5.88. The molecule has 196 valence electrons. The van der Waals surface area contributed by atoms with Crippen molar-refractivity contribution in [1.29, 1.82) is 0 Å². The number of rotatable bonds is 8. The number of hydrogen-bond donors (Lipinski definition) is 2. The van der Waals surface area contributed by atoms with E-state index < -0.39 is 23.9 Å². The Bertz CT molecular complexity index is 1200. The molecule has 0 aromatic heterocycles. The first-order chi connectivity index (χ1) is 17.7. The SMILES string of the molecule is CC(C)C[C@H](NC(=O)c1cccc(CN)c1)C(=O)N1CCC2[C@H]1C(=O)CN2C(=O)Cc1cccc(F)c1. The van der Waals surface area contributed by atoms with Gasteiger partial charge in [0.1, 0.15) is 17.9 Å². The van der Waals surface area contributed by atoms with Gasteiger partial charge in [0.2, 0.25) is 11.8 Å². The molecule has 0 saturated carbocycles. The smallest absolute Gasteiger partial charge is 0.251 e. The van der Waals surface area contributed by atoms with Crippen LogP contribution in [0.4, 0.5) is 4.39 Å². The van der Waals surface area contributed by atoms with E-state index in [2.05, 4.69) is 5.32 Å². The molecular weight excluding hydrogens is 475 g/mol. The summed E-state index contributed by atoms with van der Waals surface area (Å²) >= 11 is 0. The Hall–Kier alpha value is -3.59. The number of fused-ring (bicyclic) bond motifs is 1. The van der Waals surface area contributed by atoms with Crippen LogP contribution >= 0.6 is 0 Å². The number of likely N-dealkylation sites (tertiary alicyclic amines) is 2. The number of nitrogens with one attached hydrogen (secondary N) is 1. The van der Waals surface area contributed by atoms with E-state index >= 15 is 0 Å². The number of Topliss-reactive ketones (excluding diaryl/α,β-unsaturated/α-hetero) is 1. The van der Waals surface area contributed by atoms with Crippen molar-refractivity contribution in [2.24, 2.45) is 11.7 Å². The van der Waals surface area contributed by atoms with E-state index in [0.717, 1.165) is 5.56 Å². The van der Waals surface area contributed by atoms with Crippen LogP contribution in [0, 0.1) is 11.7 Å². The molecule has 1 unspecified atom stereocenters. The van der Waals surface area contributed by atoms with E-state index in [4.69, 9.17) is 5.73 Å². The van der Waals surface area contributed by atoms with Crippen LogP contribution in [0.2, 0.25) is 0 Å². The highest BCUT2D eigenvalue weighted by atomic mass is 19.1. The van der Waals surface area contributed by atoms with Gasteiger partial charge in [0.05, 0.1) is 19.0 Å². The zero-order valence-electron chi connectivity index (χ0n) is 21.2. The number of hydrogen-bond acceptors (Lipinski definition) is 5. The predicted octanol–water partition coefficient (Wildman–Crippen LogP) is 2.05. The number of benzene rings is 2. The molecule has 0 spiro atoms. The van der Waals surface area contributed by atoms with Crippen molar-refractivity contribution >= 4 is 23.5 Å². The first-order valence-corrected chi connectivity index (χ1v) is 12.6. The Labute approximate surface area is 216 Å². The summed E-state index contributed by atoms with van der Waals surface area (Å²) in [6.45, 7) is 4.45. The highest BCUT2D eigenvalue weighted by molar-refractivity contribution is 6.01. The summed E-state index contributed by atoms with van der Waals surface area (Å²) in [5.41, 5.74) is 7.44. The van der Waals surface area contributed by atoms with Gasteiger partial charge in [0.25, 0.3) is 5.91 Å². The molecule has 0 radical (unpaired) electrons. The number of nitrogens with two attached hydrogens (primary N) is 1. The molecule has 0 bridgehead atoms. The van der Waals surface area contributed by atoms with Crippen molar-refractivity contribution < 1.29 is 23.6 Å². The van der Waals surface area contributed by atoms with Crippen LogP contribution in [0.5, 0.6) is 0 Å². The molecule has 37 heavy (non-hydrogen) atoms. The average Bonchev–Trinajstić information content (AvgIpc) is 3.44. The molecular formula is C28H33FN4O4. The van der Waals surface area contributed by atoms with Crippen molar-refractivity contribution in [3.8, 4) is 0 Å². The lowest BCUT2D eigenvalue weighted by molar-refractivity contribution is -0.138. The number of carbonyl (C=O) groups is 4. The molecule has 2 aliphatic heterocycles. The molecule has 9 heteroatoms. The van der Waals surface area contributed by atoms with Crippen LogP contribution in [0.15, 0.2) is 48.5 Å². The van der Waals surface area contributed by atoms with Gasteiger partial charge in [-0.1, -0.05) is 38.1 Å². The molecule has 3 atom stereocenters. The quantitative estimate of drug-likeness (QED) is 0.567. The van der Waals surface area contributed by atoms with Crippen molar-refractivity contribution in [2.75, 3.05) is 13.1 Å². The van der Waals surface area contributed by atoms with Gasteiger partial charge >= 0.3 is 0 Å². The first kappa shape index (κ1) is 26.5.